The molecule has 4 aliphatic carbocycles. The molecule has 6 atom stereocenters. The smallest absolute Gasteiger partial charge is 0.183 e. The van der Waals surface area contributed by atoms with Crippen molar-refractivity contribution in [2.45, 2.75) is 65.1 Å². The summed E-state index contributed by atoms with van der Waals surface area (Å²) in [5.41, 5.74) is 0.420. The molecule has 0 aromatic heterocycles. The van der Waals surface area contributed by atoms with E-state index in [0.717, 1.165) is 42.1 Å². The molecule has 0 radical (unpaired) electrons. The van der Waals surface area contributed by atoms with Crippen LogP contribution in [0.25, 0.3) is 0 Å². The fraction of sp³-hybridized carbons (Fsp3) is 0.692. The summed E-state index contributed by atoms with van der Waals surface area (Å²) in [4.78, 5) is 0. The number of hydrogen-bond acceptors (Lipinski definition) is 1. The van der Waals surface area contributed by atoms with Crippen molar-refractivity contribution in [2.24, 2.45) is 40.9 Å². The number of hydrogen-bond donors (Lipinski definition) is 0. The van der Waals surface area contributed by atoms with E-state index in [1.807, 2.05) is 0 Å². The summed E-state index contributed by atoms with van der Waals surface area (Å²) in [6.07, 6.45) is 27.4. The Labute approximate surface area is 174 Å². The molecular weight excluding hydrogens is 356 g/mol. The van der Waals surface area contributed by atoms with Gasteiger partial charge in [0, 0.05) is 6.61 Å². The first kappa shape index (κ1) is 20.4. The van der Waals surface area contributed by atoms with Gasteiger partial charge in [-0.2, -0.15) is 0 Å². The Bertz CT molecular complexity index is 620. The quantitative estimate of drug-likeness (QED) is 0.415. The Morgan fingerprint density at radius 2 is 1.29 bits per heavy atom. The standard InChI is InChI=1S/C26H40OSi/c1-5-26(18-19-27-28(2,3)4,24-16-14-20-10-6-8-12-22(20)24)25-17-15-21-11-7-9-13-23(21)25/h6-13,20-25H,5,14-19H2,1-4H3. The van der Waals surface area contributed by atoms with E-state index < -0.39 is 8.32 Å². The molecule has 0 spiro atoms. The van der Waals surface area contributed by atoms with Crippen molar-refractivity contribution in [1.82, 2.24) is 0 Å². The maximum Gasteiger partial charge on any atom is 0.183 e. The molecule has 154 valence electrons. The summed E-state index contributed by atoms with van der Waals surface area (Å²) in [5.74, 6) is 4.68. The molecule has 2 fully saturated rings. The van der Waals surface area contributed by atoms with E-state index in [1.165, 1.54) is 38.5 Å². The van der Waals surface area contributed by atoms with Crippen molar-refractivity contribution in [2.75, 3.05) is 6.61 Å². The highest BCUT2D eigenvalue weighted by atomic mass is 28.4. The average molecular weight is 397 g/mol. The lowest BCUT2D eigenvalue weighted by molar-refractivity contribution is 0.00732. The third kappa shape index (κ3) is 3.79. The van der Waals surface area contributed by atoms with Crippen LogP contribution in [-0.2, 0) is 4.43 Å². The molecule has 1 nitrogen and oxygen atoms in total. The number of allylic oxidation sites excluding steroid dienone is 8. The normalized spacial score (nSPS) is 38.4. The molecule has 0 aromatic rings. The molecule has 0 bridgehead atoms. The predicted octanol–water partition coefficient (Wildman–Crippen LogP) is 7.16. The van der Waals surface area contributed by atoms with Gasteiger partial charge in [-0.3, -0.25) is 0 Å². The summed E-state index contributed by atoms with van der Waals surface area (Å²) in [7, 11) is -1.47. The third-order valence-corrected chi connectivity index (χ3v) is 9.45. The van der Waals surface area contributed by atoms with Crippen molar-refractivity contribution in [3.8, 4) is 0 Å². The second-order valence-electron chi connectivity index (χ2n) is 10.7. The minimum absolute atomic E-state index is 0.420. The van der Waals surface area contributed by atoms with Gasteiger partial charge in [0.1, 0.15) is 0 Å². The van der Waals surface area contributed by atoms with Crippen molar-refractivity contribution >= 4 is 8.32 Å². The second kappa shape index (κ2) is 8.11. The lowest BCUT2D eigenvalue weighted by Crippen LogP contribution is -2.43. The van der Waals surface area contributed by atoms with E-state index >= 15 is 0 Å². The van der Waals surface area contributed by atoms with Gasteiger partial charge in [-0.1, -0.05) is 55.5 Å². The zero-order chi connectivity index (χ0) is 19.8. The lowest BCUT2D eigenvalue weighted by Gasteiger charge is -2.49. The maximum atomic E-state index is 6.45. The fourth-order valence-corrected chi connectivity index (χ4v) is 7.86. The maximum absolute atomic E-state index is 6.45. The van der Waals surface area contributed by atoms with E-state index in [1.54, 1.807) is 0 Å². The first-order valence-electron chi connectivity index (χ1n) is 11.8. The Morgan fingerprint density at radius 1 is 0.786 bits per heavy atom. The summed E-state index contributed by atoms with van der Waals surface area (Å²) in [5, 5.41) is 0. The van der Waals surface area contributed by atoms with Crippen LogP contribution in [0.15, 0.2) is 48.6 Å². The minimum atomic E-state index is -1.47. The highest BCUT2D eigenvalue weighted by molar-refractivity contribution is 6.69. The van der Waals surface area contributed by atoms with Gasteiger partial charge in [0.05, 0.1) is 0 Å². The van der Waals surface area contributed by atoms with Gasteiger partial charge >= 0.3 is 0 Å². The molecule has 2 heteroatoms. The topological polar surface area (TPSA) is 9.23 Å². The van der Waals surface area contributed by atoms with Gasteiger partial charge in [0.2, 0.25) is 0 Å². The van der Waals surface area contributed by atoms with Gasteiger partial charge in [0.25, 0.3) is 0 Å². The van der Waals surface area contributed by atoms with Gasteiger partial charge in [-0.15, -0.1) is 0 Å². The van der Waals surface area contributed by atoms with E-state index in [2.05, 4.69) is 75.2 Å². The molecule has 6 unspecified atom stereocenters. The van der Waals surface area contributed by atoms with Crippen LogP contribution in [0.3, 0.4) is 0 Å². The van der Waals surface area contributed by atoms with Crippen molar-refractivity contribution in [1.29, 1.82) is 0 Å². The van der Waals surface area contributed by atoms with Crippen molar-refractivity contribution < 1.29 is 4.43 Å². The predicted molar refractivity (Wildman–Crippen MR) is 123 cm³/mol. The van der Waals surface area contributed by atoms with Crippen molar-refractivity contribution in [3.63, 3.8) is 0 Å². The summed E-state index contributed by atoms with van der Waals surface area (Å²) < 4.78 is 6.45. The van der Waals surface area contributed by atoms with Crippen LogP contribution < -0.4 is 0 Å². The van der Waals surface area contributed by atoms with E-state index in [-0.39, 0.29) is 0 Å². The fourth-order valence-electron chi connectivity index (χ4n) is 7.15. The number of fused-ring (bicyclic) bond motifs is 2. The summed E-state index contributed by atoms with van der Waals surface area (Å²) >= 11 is 0. The van der Waals surface area contributed by atoms with Crippen LogP contribution in [0, 0.1) is 40.9 Å². The summed E-state index contributed by atoms with van der Waals surface area (Å²) in [6, 6.07) is 0. The molecule has 4 aliphatic rings. The van der Waals surface area contributed by atoms with Crippen LogP contribution in [0.2, 0.25) is 19.6 Å². The zero-order valence-electron chi connectivity index (χ0n) is 18.4. The zero-order valence-corrected chi connectivity index (χ0v) is 19.4. The largest absolute Gasteiger partial charge is 0.418 e. The third-order valence-electron chi connectivity index (χ3n) is 8.38. The summed E-state index contributed by atoms with van der Waals surface area (Å²) in [6.45, 7) is 10.5. The Morgan fingerprint density at radius 3 is 1.75 bits per heavy atom. The van der Waals surface area contributed by atoms with Gasteiger partial charge < -0.3 is 4.43 Å². The molecule has 0 saturated heterocycles. The molecular formula is C26H40OSi. The monoisotopic (exact) mass is 396 g/mol. The Hall–Kier alpha value is -0.863. The first-order chi connectivity index (χ1) is 13.4. The Balaban J connectivity index is 1.64. The van der Waals surface area contributed by atoms with Gasteiger partial charge in [-0.05, 0) is 99.1 Å². The minimum Gasteiger partial charge on any atom is -0.418 e. The molecule has 0 aromatic carbocycles. The van der Waals surface area contributed by atoms with Crippen LogP contribution in [0.4, 0.5) is 0 Å². The van der Waals surface area contributed by atoms with Crippen LogP contribution >= 0.6 is 0 Å². The van der Waals surface area contributed by atoms with Crippen LogP contribution in [0.5, 0.6) is 0 Å². The lowest BCUT2D eigenvalue weighted by atomic mass is 9.56. The SMILES string of the molecule is CCC(CCO[Si](C)(C)C)(C1CCC2C=CC=CC21)C1CCC2C=CC=CC21. The van der Waals surface area contributed by atoms with Gasteiger partial charge in [-0.25, -0.2) is 0 Å². The first-order valence-corrected chi connectivity index (χ1v) is 15.2. The highest BCUT2D eigenvalue weighted by Gasteiger charge is 2.54. The van der Waals surface area contributed by atoms with Crippen LogP contribution in [-0.4, -0.2) is 14.9 Å². The van der Waals surface area contributed by atoms with Crippen molar-refractivity contribution in [3.05, 3.63) is 48.6 Å². The molecule has 0 heterocycles. The Kier molecular flexibility index (Phi) is 5.91. The van der Waals surface area contributed by atoms with E-state index in [0.29, 0.717) is 5.41 Å². The molecule has 28 heavy (non-hydrogen) atoms. The molecule has 0 amide bonds. The molecule has 0 N–H and O–H groups in total. The van der Waals surface area contributed by atoms with E-state index in [4.69, 9.17) is 4.43 Å². The second-order valence-corrected chi connectivity index (χ2v) is 15.2. The average Bonchev–Trinajstić information content (AvgIpc) is 3.30. The highest BCUT2D eigenvalue weighted by Crippen LogP contribution is 2.61. The van der Waals surface area contributed by atoms with E-state index in [9.17, 15) is 0 Å². The molecule has 2 saturated carbocycles. The molecule has 4 rings (SSSR count). The number of rotatable bonds is 7. The van der Waals surface area contributed by atoms with Crippen LogP contribution in [0.1, 0.15) is 45.4 Å². The van der Waals surface area contributed by atoms with Gasteiger partial charge in [0.15, 0.2) is 8.32 Å². The molecule has 0 aliphatic heterocycles.